The number of Topliss-reactive ketones (excluding diaryl/α,β-unsaturated/α-hetero) is 5. The molecule has 0 atom stereocenters. The summed E-state index contributed by atoms with van der Waals surface area (Å²) in [6.45, 7) is 2.34. The van der Waals surface area contributed by atoms with Gasteiger partial charge >= 0.3 is 30.7 Å². The third-order valence-corrected chi connectivity index (χ3v) is 2.61. The summed E-state index contributed by atoms with van der Waals surface area (Å²) in [6.07, 6.45) is -25.1. The Bertz CT molecular complexity index is 750. The lowest BCUT2D eigenvalue weighted by Crippen LogP contribution is -2.31. The van der Waals surface area contributed by atoms with Gasteiger partial charge in [0.25, 0.3) is 0 Å². The van der Waals surface area contributed by atoms with E-state index in [1.54, 1.807) is 0 Å². The van der Waals surface area contributed by atoms with Gasteiger partial charge in [0.2, 0.25) is 23.1 Å². The van der Waals surface area contributed by atoms with E-state index in [1.807, 2.05) is 0 Å². The number of carbonyl (C=O) groups excluding carboxylic acids is 6. The zero-order chi connectivity index (χ0) is 29.0. The van der Waals surface area contributed by atoms with E-state index in [9.17, 15) is 81.5 Å². The highest BCUT2D eigenvalue weighted by molar-refractivity contribution is 6.03. The molecule has 0 rings (SSSR count). The molecule has 0 saturated heterocycles. The Labute approximate surface area is 186 Å². The maximum absolute atomic E-state index is 11.5. The standard InChI is InChI=1S/C6H7F3O3.C5H2F6O2.C5H5F3O2/c1-2-12-5(11)3-4(10)6(7,8)9;6-4(7,8)2(12)1-3(13)5(9,10)11;1-3(9)2-4(10)5(6,7)8/h2-3H2,1H3;1H2;2H2,1H3. The second-order valence-electron chi connectivity index (χ2n) is 5.72. The van der Waals surface area contributed by atoms with Crippen LogP contribution >= 0.6 is 0 Å². The third-order valence-electron chi connectivity index (χ3n) is 2.61. The molecule has 35 heavy (non-hydrogen) atoms. The van der Waals surface area contributed by atoms with Crippen molar-refractivity contribution in [1.82, 2.24) is 0 Å². The van der Waals surface area contributed by atoms with Crippen molar-refractivity contribution in [3.63, 3.8) is 0 Å². The summed E-state index contributed by atoms with van der Waals surface area (Å²) in [5.74, 6) is -11.4. The van der Waals surface area contributed by atoms with E-state index >= 15 is 0 Å². The van der Waals surface area contributed by atoms with E-state index in [-0.39, 0.29) is 6.61 Å². The van der Waals surface area contributed by atoms with Crippen molar-refractivity contribution in [2.75, 3.05) is 6.61 Å². The number of hydrogen-bond acceptors (Lipinski definition) is 7. The number of alkyl halides is 12. The summed E-state index contributed by atoms with van der Waals surface area (Å²) >= 11 is 0. The maximum atomic E-state index is 11.5. The van der Waals surface area contributed by atoms with E-state index < -0.39 is 78.9 Å². The highest BCUT2D eigenvalue weighted by Gasteiger charge is 2.46. The van der Waals surface area contributed by atoms with Crippen molar-refractivity contribution in [2.24, 2.45) is 0 Å². The van der Waals surface area contributed by atoms with Crippen LogP contribution in [0.1, 0.15) is 33.1 Å². The summed E-state index contributed by atoms with van der Waals surface area (Å²) in [4.78, 5) is 60.1. The normalized spacial score (nSPS) is 11.7. The van der Waals surface area contributed by atoms with Gasteiger partial charge in [0.05, 0.1) is 19.4 Å². The van der Waals surface area contributed by atoms with Gasteiger partial charge in [0.15, 0.2) is 0 Å². The van der Waals surface area contributed by atoms with Gasteiger partial charge in [-0.05, 0) is 13.8 Å². The van der Waals surface area contributed by atoms with Gasteiger partial charge in [0, 0.05) is 0 Å². The topological polar surface area (TPSA) is 112 Å². The molecule has 0 aromatic rings. The van der Waals surface area contributed by atoms with Crippen molar-refractivity contribution in [1.29, 1.82) is 0 Å². The van der Waals surface area contributed by atoms with Crippen molar-refractivity contribution in [2.45, 2.75) is 57.8 Å². The van der Waals surface area contributed by atoms with Crippen molar-refractivity contribution >= 4 is 34.9 Å². The van der Waals surface area contributed by atoms with Gasteiger partial charge in [-0.3, -0.25) is 28.8 Å². The number of ether oxygens (including phenoxy) is 1. The molecule has 0 radical (unpaired) electrons. The maximum Gasteiger partial charge on any atom is 0.450 e. The molecule has 0 aromatic heterocycles. The number of halogens is 12. The number of rotatable bonds is 7. The first-order valence-corrected chi connectivity index (χ1v) is 8.31. The zero-order valence-corrected chi connectivity index (χ0v) is 17.2. The predicted molar refractivity (Wildman–Crippen MR) is 85.4 cm³/mol. The molecule has 0 amide bonds. The fraction of sp³-hybridized carbons (Fsp3) is 0.625. The zero-order valence-electron chi connectivity index (χ0n) is 17.2. The minimum absolute atomic E-state index is 0.0377. The minimum atomic E-state index is -5.40. The van der Waals surface area contributed by atoms with Crippen LogP contribution < -0.4 is 0 Å². The number of esters is 1. The van der Waals surface area contributed by atoms with Crippen LogP contribution in [0.15, 0.2) is 0 Å². The number of carbonyl (C=O) groups is 6. The average Bonchev–Trinajstić information content (AvgIpc) is 2.59. The lowest BCUT2D eigenvalue weighted by atomic mass is 10.2. The van der Waals surface area contributed by atoms with Crippen LogP contribution in [0.25, 0.3) is 0 Å². The van der Waals surface area contributed by atoms with E-state index in [1.165, 1.54) is 6.92 Å². The Kier molecular flexibility index (Phi) is 15.0. The first-order chi connectivity index (χ1) is 15.3. The molecule has 0 unspecified atom stereocenters. The van der Waals surface area contributed by atoms with Crippen LogP contribution in [-0.2, 0) is 33.5 Å². The fourth-order valence-electron chi connectivity index (χ4n) is 1.12. The Morgan fingerprint density at radius 2 is 0.771 bits per heavy atom. The van der Waals surface area contributed by atoms with Crippen LogP contribution in [0, 0.1) is 0 Å². The predicted octanol–water partition coefficient (Wildman–Crippen LogP) is 3.81. The smallest absolute Gasteiger partial charge is 0.450 e. The third kappa shape index (κ3) is 20.1. The molecular weight excluding hydrogens is 532 g/mol. The van der Waals surface area contributed by atoms with Gasteiger partial charge in [0.1, 0.15) is 12.2 Å². The van der Waals surface area contributed by atoms with E-state index in [0.29, 0.717) is 0 Å². The molecule has 0 spiro atoms. The van der Waals surface area contributed by atoms with Gasteiger partial charge in [-0.1, -0.05) is 0 Å². The first-order valence-electron chi connectivity index (χ1n) is 8.31. The van der Waals surface area contributed by atoms with Gasteiger partial charge < -0.3 is 4.74 Å². The van der Waals surface area contributed by atoms with Crippen LogP contribution in [-0.4, -0.2) is 66.2 Å². The molecule has 19 heteroatoms. The molecule has 0 fully saturated rings. The number of ketones is 5. The SMILES string of the molecule is CC(=O)CC(=O)C(F)(F)F.CCOC(=O)CC(=O)C(F)(F)F.O=C(CC(=O)C(F)(F)F)C(F)(F)F. The van der Waals surface area contributed by atoms with Crippen LogP contribution in [0.3, 0.4) is 0 Å². The van der Waals surface area contributed by atoms with Crippen molar-refractivity contribution in [3.05, 3.63) is 0 Å². The highest BCUT2D eigenvalue weighted by atomic mass is 19.4. The summed E-state index contributed by atoms with van der Waals surface area (Å²) in [5.41, 5.74) is 0. The molecule has 0 bridgehead atoms. The van der Waals surface area contributed by atoms with Crippen molar-refractivity contribution < 1.29 is 86.2 Å². The first kappa shape index (κ1) is 36.5. The van der Waals surface area contributed by atoms with E-state index in [4.69, 9.17) is 0 Å². The Balaban J connectivity index is -0.000000443. The lowest BCUT2D eigenvalue weighted by molar-refractivity contribution is -0.182. The highest BCUT2D eigenvalue weighted by Crippen LogP contribution is 2.23. The Hall–Kier alpha value is -3.02. The van der Waals surface area contributed by atoms with Gasteiger partial charge in [-0.15, -0.1) is 0 Å². The Morgan fingerprint density at radius 3 is 0.971 bits per heavy atom. The van der Waals surface area contributed by atoms with E-state index in [2.05, 4.69) is 4.74 Å². The Morgan fingerprint density at radius 1 is 0.514 bits per heavy atom. The molecule has 7 nitrogen and oxygen atoms in total. The van der Waals surface area contributed by atoms with E-state index in [0.717, 1.165) is 6.92 Å². The molecule has 0 aliphatic rings. The average molecular weight is 546 g/mol. The van der Waals surface area contributed by atoms with Crippen molar-refractivity contribution in [3.8, 4) is 0 Å². The van der Waals surface area contributed by atoms with Gasteiger partial charge in [-0.25, -0.2) is 0 Å². The summed E-state index contributed by atoms with van der Waals surface area (Å²) in [7, 11) is 0. The minimum Gasteiger partial charge on any atom is -0.466 e. The fourth-order valence-corrected chi connectivity index (χ4v) is 1.12. The lowest BCUT2D eigenvalue weighted by Gasteiger charge is -2.06. The molecule has 204 valence electrons. The molecule has 0 aromatic carbocycles. The molecule has 0 heterocycles. The largest absolute Gasteiger partial charge is 0.466 e. The molecule has 0 saturated carbocycles. The molecule has 0 N–H and O–H groups in total. The second-order valence-corrected chi connectivity index (χ2v) is 5.72. The quantitative estimate of drug-likeness (QED) is 0.271. The molecule has 0 aliphatic heterocycles. The van der Waals surface area contributed by atoms with Crippen LogP contribution in [0.5, 0.6) is 0 Å². The number of hydrogen-bond donors (Lipinski definition) is 0. The second kappa shape index (κ2) is 14.4. The summed E-state index contributed by atoms with van der Waals surface area (Å²) in [5, 5.41) is 0. The van der Waals surface area contributed by atoms with Crippen LogP contribution in [0.2, 0.25) is 0 Å². The molecule has 0 aliphatic carbocycles. The molecular formula is C16H14F12O7. The van der Waals surface area contributed by atoms with Crippen LogP contribution in [0.4, 0.5) is 52.7 Å². The van der Waals surface area contributed by atoms with Gasteiger partial charge in [-0.2, -0.15) is 52.7 Å². The summed E-state index contributed by atoms with van der Waals surface area (Å²) in [6, 6.07) is 0. The summed E-state index contributed by atoms with van der Waals surface area (Å²) < 4.78 is 141. The monoisotopic (exact) mass is 546 g/mol.